The maximum absolute atomic E-state index is 12.8. The summed E-state index contributed by atoms with van der Waals surface area (Å²) >= 11 is 0. The number of nitrogens with zero attached hydrogens (tertiary/aromatic N) is 2. The quantitative estimate of drug-likeness (QED) is 0.933. The third-order valence-electron chi connectivity index (χ3n) is 3.93. The van der Waals surface area contributed by atoms with E-state index < -0.39 is 11.5 Å². The van der Waals surface area contributed by atoms with E-state index in [4.69, 9.17) is 0 Å². The molecular formula is C17H18F2N2O3. The number of alkyl halides is 2. The fourth-order valence-corrected chi connectivity index (χ4v) is 2.72. The van der Waals surface area contributed by atoms with E-state index in [9.17, 15) is 18.7 Å². The summed E-state index contributed by atoms with van der Waals surface area (Å²) in [6.07, 6.45) is -1.72. The van der Waals surface area contributed by atoms with Gasteiger partial charge in [0.1, 0.15) is 0 Å². The molecular weight excluding hydrogens is 318 g/mol. The van der Waals surface area contributed by atoms with Gasteiger partial charge in [-0.15, -0.1) is 0 Å². The molecule has 1 aliphatic heterocycles. The lowest BCUT2D eigenvalue weighted by Gasteiger charge is -2.32. The normalized spacial score (nSPS) is 14.5. The van der Waals surface area contributed by atoms with E-state index in [1.54, 1.807) is 18.2 Å². The molecule has 0 spiro atoms. The molecule has 1 N–H and O–H groups in total. The number of anilines is 1. The minimum atomic E-state index is -3.16. The lowest BCUT2D eigenvalue weighted by molar-refractivity contribution is -0.231. The van der Waals surface area contributed by atoms with Crippen molar-refractivity contribution in [3.05, 3.63) is 58.0 Å². The SMILES string of the molecule is CC(F)(F)OCc1cccc(N2CCn3cc(O)c(=O)cc3C2)c1. The lowest BCUT2D eigenvalue weighted by atomic mass is 10.1. The molecule has 2 aromatic rings. The number of aromatic hydroxyl groups is 1. The van der Waals surface area contributed by atoms with Crippen molar-refractivity contribution in [3.63, 3.8) is 0 Å². The fraction of sp³-hybridized carbons (Fsp3) is 0.353. The van der Waals surface area contributed by atoms with Gasteiger partial charge in [-0.1, -0.05) is 12.1 Å². The van der Waals surface area contributed by atoms with E-state index in [1.807, 2.05) is 10.6 Å². The number of hydrogen-bond acceptors (Lipinski definition) is 4. The van der Waals surface area contributed by atoms with E-state index in [0.29, 0.717) is 32.1 Å². The van der Waals surface area contributed by atoms with Crippen molar-refractivity contribution < 1.29 is 18.6 Å². The van der Waals surface area contributed by atoms with Crippen LogP contribution in [-0.2, 0) is 24.4 Å². The van der Waals surface area contributed by atoms with Crippen LogP contribution >= 0.6 is 0 Å². The zero-order valence-electron chi connectivity index (χ0n) is 13.2. The summed E-state index contributed by atoms with van der Waals surface area (Å²) in [5, 5.41) is 9.50. The molecule has 5 nitrogen and oxygen atoms in total. The standard InChI is InChI=1S/C17H18F2N2O3/c1-17(18,19)24-11-12-3-2-4-13(7-12)20-5-6-21-10-16(23)15(22)8-14(21)9-20/h2-4,7-8,10,23H,5-6,9,11H2,1H3. The summed E-state index contributed by atoms with van der Waals surface area (Å²) in [6, 6.07) is 8.64. The van der Waals surface area contributed by atoms with Gasteiger partial charge in [0, 0.05) is 37.5 Å². The summed E-state index contributed by atoms with van der Waals surface area (Å²) in [5.41, 5.74) is 1.92. The molecule has 3 rings (SSSR count). The Morgan fingerprint density at radius 2 is 2.08 bits per heavy atom. The van der Waals surface area contributed by atoms with E-state index in [-0.39, 0.29) is 12.4 Å². The Bertz CT molecular complexity index is 799. The molecule has 1 aromatic carbocycles. The number of hydrogen-bond donors (Lipinski definition) is 1. The Kier molecular flexibility index (Phi) is 4.28. The Morgan fingerprint density at radius 1 is 1.29 bits per heavy atom. The van der Waals surface area contributed by atoms with Gasteiger partial charge in [0.15, 0.2) is 5.75 Å². The number of halogens is 2. The smallest absolute Gasteiger partial charge is 0.353 e. The van der Waals surface area contributed by atoms with Gasteiger partial charge in [-0.25, -0.2) is 0 Å². The van der Waals surface area contributed by atoms with Gasteiger partial charge < -0.3 is 19.3 Å². The summed E-state index contributed by atoms with van der Waals surface area (Å²) < 4.78 is 32.0. The molecule has 1 aliphatic rings. The van der Waals surface area contributed by atoms with Crippen molar-refractivity contribution in [2.45, 2.75) is 32.7 Å². The third kappa shape index (κ3) is 3.73. The number of fused-ring (bicyclic) bond motifs is 1. The van der Waals surface area contributed by atoms with Crippen molar-refractivity contribution in [2.24, 2.45) is 0 Å². The van der Waals surface area contributed by atoms with Gasteiger partial charge in [-0.3, -0.25) is 4.79 Å². The largest absolute Gasteiger partial charge is 0.503 e. The van der Waals surface area contributed by atoms with Crippen LogP contribution in [0, 0.1) is 0 Å². The minimum absolute atomic E-state index is 0.172. The second kappa shape index (κ2) is 6.24. The van der Waals surface area contributed by atoms with Crippen LogP contribution in [0.5, 0.6) is 5.75 Å². The van der Waals surface area contributed by atoms with Crippen LogP contribution in [0.15, 0.2) is 41.3 Å². The minimum Gasteiger partial charge on any atom is -0.503 e. The molecule has 0 amide bonds. The van der Waals surface area contributed by atoms with Crippen LogP contribution in [0.2, 0.25) is 0 Å². The number of pyridine rings is 1. The Hall–Kier alpha value is -2.41. The molecule has 0 saturated heterocycles. The molecule has 128 valence electrons. The first-order valence-electron chi connectivity index (χ1n) is 7.60. The van der Waals surface area contributed by atoms with Crippen LogP contribution < -0.4 is 10.3 Å². The molecule has 1 aromatic heterocycles. The molecule has 0 fully saturated rings. The maximum Gasteiger partial charge on any atom is 0.353 e. The first-order valence-corrected chi connectivity index (χ1v) is 7.60. The number of rotatable bonds is 4. The van der Waals surface area contributed by atoms with Crippen LogP contribution in [-0.4, -0.2) is 22.3 Å². The van der Waals surface area contributed by atoms with E-state index in [1.165, 1.54) is 12.3 Å². The summed E-state index contributed by atoms with van der Waals surface area (Å²) in [5.74, 6) is -0.258. The second-order valence-corrected chi connectivity index (χ2v) is 5.90. The molecule has 0 atom stereocenters. The zero-order chi connectivity index (χ0) is 17.3. The van der Waals surface area contributed by atoms with E-state index in [2.05, 4.69) is 9.64 Å². The van der Waals surface area contributed by atoms with E-state index in [0.717, 1.165) is 11.4 Å². The Labute approximate surface area is 137 Å². The number of aromatic nitrogens is 1. The number of benzene rings is 1. The topological polar surface area (TPSA) is 54.7 Å². The first-order chi connectivity index (χ1) is 11.3. The maximum atomic E-state index is 12.8. The lowest BCUT2D eigenvalue weighted by Crippen LogP contribution is -2.35. The van der Waals surface area contributed by atoms with Gasteiger partial charge in [0.2, 0.25) is 5.43 Å². The average molecular weight is 336 g/mol. The summed E-state index contributed by atoms with van der Waals surface area (Å²) in [7, 11) is 0. The molecule has 24 heavy (non-hydrogen) atoms. The van der Waals surface area contributed by atoms with Crippen molar-refractivity contribution in [2.75, 3.05) is 11.4 Å². The fourth-order valence-electron chi connectivity index (χ4n) is 2.72. The van der Waals surface area contributed by atoms with Crippen molar-refractivity contribution >= 4 is 5.69 Å². The van der Waals surface area contributed by atoms with Gasteiger partial charge in [0.05, 0.1) is 19.3 Å². The van der Waals surface area contributed by atoms with Crippen molar-refractivity contribution in [1.29, 1.82) is 0 Å². The van der Waals surface area contributed by atoms with Crippen LogP contribution in [0.1, 0.15) is 18.2 Å². The highest BCUT2D eigenvalue weighted by Crippen LogP contribution is 2.24. The monoisotopic (exact) mass is 336 g/mol. The van der Waals surface area contributed by atoms with Crippen LogP contribution in [0.25, 0.3) is 0 Å². The molecule has 2 heterocycles. The van der Waals surface area contributed by atoms with Crippen molar-refractivity contribution in [1.82, 2.24) is 4.57 Å². The zero-order valence-corrected chi connectivity index (χ0v) is 13.2. The predicted molar refractivity (Wildman–Crippen MR) is 85.3 cm³/mol. The van der Waals surface area contributed by atoms with Crippen molar-refractivity contribution in [3.8, 4) is 5.75 Å². The molecule has 0 unspecified atom stereocenters. The molecule has 0 saturated carbocycles. The first kappa shape index (κ1) is 16.4. The van der Waals surface area contributed by atoms with Gasteiger partial charge >= 0.3 is 6.11 Å². The van der Waals surface area contributed by atoms with Gasteiger partial charge in [-0.2, -0.15) is 8.78 Å². The predicted octanol–water partition coefficient (Wildman–Crippen LogP) is 2.70. The van der Waals surface area contributed by atoms with Gasteiger partial charge in [-0.05, 0) is 17.7 Å². The molecule has 0 radical (unpaired) electrons. The highest BCUT2D eigenvalue weighted by Gasteiger charge is 2.22. The third-order valence-corrected chi connectivity index (χ3v) is 3.93. The number of ether oxygens (including phenoxy) is 1. The second-order valence-electron chi connectivity index (χ2n) is 5.90. The van der Waals surface area contributed by atoms with Gasteiger partial charge in [0.25, 0.3) is 0 Å². The summed E-state index contributed by atoms with van der Waals surface area (Å²) in [4.78, 5) is 13.7. The highest BCUT2D eigenvalue weighted by atomic mass is 19.3. The average Bonchev–Trinajstić information content (AvgIpc) is 2.53. The molecule has 0 aliphatic carbocycles. The Morgan fingerprint density at radius 3 is 2.83 bits per heavy atom. The Balaban J connectivity index is 1.78. The van der Waals surface area contributed by atoms with E-state index >= 15 is 0 Å². The summed E-state index contributed by atoms with van der Waals surface area (Å²) in [6.45, 7) is 2.35. The molecule has 0 bridgehead atoms. The molecule has 7 heteroatoms. The van der Waals surface area contributed by atoms with Crippen LogP contribution in [0.3, 0.4) is 0 Å². The highest BCUT2D eigenvalue weighted by molar-refractivity contribution is 5.49. The van der Waals surface area contributed by atoms with Crippen LogP contribution in [0.4, 0.5) is 14.5 Å².